The van der Waals surface area contributed by atoms with Gasteiger partial charge in [-0.15, -0.1) is 0 Å². The molecule has 3 N–H and O–H groups in total. The second kappa shape index (κ2) is 3.66. The zero-order valence-corrected chi connectivity index (χ0v) is 6.75. The van der Waals surface area contributed by atoms with Crippen LogP contribution in [0.4, 0.5) is 0 Å². The van der Waals surface area contributed by atoms with E-state index in [1.807, 2.05) is 0 Å². The first kappa shape index (κ1) is 9.18. The average Bonchev–Trinajstić information content (AvgIpc) is 2.49. The van der Waals surface area contributed by atoms with Crippen LogP contribution in [0.3, 0.4) is 0 Å². The van der Waals surface area contributed by atoms with Crippen LogP contribution in [0.25, 0.3) is 0 Å². The van der Waals surface area contributed by atoms with Crippen LogP contribution in [0.1, 0.15) is 11.8 Å². The van der Waals surface area contributed by atoms with Gasteiger partial charge in [-0.1, -0.05) is 0 Å². The van der Waals surface area contributed by atoms with E-state index in [-0.39, 0.29) is 0 Å². The highest BCUT2D eigenvalue weighted by atomic mass is 16.4. The Balaban J connectivity index is 2.70. The average molecular weight is 172 g/mol. The minimum Gasteiger partial charge on any atom is -0.394 e. The van der Waals surface area contributed by atoms with Gasteiger partial charge in [0, 0.05) is 13.2 Å². The molecule has 0 bridgehead atoms. The molecule has 1 heterocycles. The number of aliphatic hydroxyl groups excluding tert-OH is 3. The largest absolute Gasteiger partial charge is 0.394 e. The van der Waals surface area contributed by atoms with Crippen LogP contribution in [-0.4, -0.2) is 37.8 Å². The lowest BCUT2D eigenvalue weighted by Crippen LogP contribution is -2.22. The van der Waals surface area contributed by atoms with Gasteiger partial charge in [-0.05, 0) is 6.07 Å². The maximum Gasteiger partial charge on any atom is 0.126 e. The van der Waals surface area contributed by atoms with Gasteiger partial charge in [0.05, 0.1) is 12.3 Å². The van der Waals surface area contributed by atoms with Crippen molar-refractivity contribution in [2.75, 3.05) is 6.61 Å². The second-order valence-electron chi connectivity index (χ2n) is 2.61. The zero-order chi connectivity index (χ0) is 9.14. The molecule has 5 nitrogen and oxygen atoms in total. The molecule has 0 saturated heterocycles. The van der Waals surface area contributed by atoms with Crippen molar-refractivity contribution in [1.29, 1.82) is 0 Å². The standard InChI is InChI=1S/C7H12N2O3/c1-9-3-2-5(8-9)7(12)6(11)4-10/h2-3,6-7,10-12H,4H2,1H3. The summed E-state index contributed by atoms with van der Waals surface area (Å²) in [6, 6.07) is 1.59. The number of aliphatic hydroxyl groups is 3. The fourth-order valence-electron chi connectivity index (χ4n) is 0.888. The summed E-state index contributed by atoms with van der Waals surface area (Å²) in [7, 11) is 1.71. The summed E-state index contributed by atoms with van der Waals surface area (Å²) >= 11 is 0. The first-order chi connectivity index (χ1) is 5.65. The Hall–Kier alpha value is -0.910. The van der Waals surface area contributed by atoms with Crippen molar-refractivity contribution >= 4 is 0 Å². The van der Waals surface area contributed by atoms with Crippen LogP contribution in [0.5, 0.6) is 0 Å². The molecular weight excluding hydrogens is 160 g/mol. The summed E-state index contributed by atoms with van der Waals surface area (Å²) in [6.07, 6.45) is -0.626. The number of aromatic nitrogens is 2. The zero-order valence-electron chi connectivity index (χ0n) is 6.75. The van der Waals surface area contributed by atoms with Gasteiger partial charge in [0.15, 0.2) is 0 Å². The quantitative estimate of drug-likeness (QED) is 0.535. The SMILES string of the molecule is Cn1ccc(C(O)C(O)CO)n1. The Labute approximate surface area is 69.9 Å². The summed E-state index contributed by atoms with van der Waals surface area (Å²) < 4.78 is 1.52. The Morgan fingerprint density at radius 3 is 2.67 bits per heavy atom. The van der Waals surface area contributed by atoms with Crippen molar-refractivity contribution in [3.8, 4) is 0 Å². The Bertz CT molecular complexity index is 249. The van der Waals surface area contributed by atoms with E-state index in [1.54, 1.807) is 19.3 Å². The predicted octanol–water partition coefficient (Wildman–Crippen LogP) is -1.19. The summed E-state index contributed by atoms with van der Waals surface area (Å²) in [4.78, 5) is 0. The highest BCUT2D eigenvalue weighted by Crippen LogP contribution is 2.13. The van der Waals surface area contributed by atoms with E-state index < -0.39 is 18.8 Å². The van der Waals surface area contributed by atoms with E-state index in [0.717, 1.165) is 0 Å². The van der Waals surface area contributed by atoms with Gasteiger partial charge in [0.25, 0.3) is 0 Å². The molecule has 2 unspecified atom stereocenters. The first-order valence-corrected chi connectivity index (χ1v) is 3.61. The lowest BCUT2D eigenvalue weighted by atomic mass is 10.1. The first-order valence-electron chi connectivity index (χ1n) is 3.61. The van der Waals surface area contributed by atoms with Crippen LogP contribution in [0.15, 0.2) is 12.3 Å². The fourth-order valence-corrected chi connectivity index (χ4v) is 0.888. The van der Waals surface area contributed by atoms with E-state index in [0.29, 0.717) is 5.69 Å². The van der Waals surface area contributed by atoms with Gasteiger partial charge in [0.2, 0.25) is 0 Å². The molecule has 0 fully saturated rings. The van der Waals surface area contributed by atoms with E-state index in [1.165, 1.54) is 4.68 Å². The van der Waals surface area contributed by atoms with Crippen LogP contribution in [-0.2, 0) is 7.05 Å². The van der Waals surface area contributed by atoms with Crippen molar-refractivity contribution in [1.82, 2.24) is 9.78 Å². The third-order valence-electron chi connectivity index (χ3n) is 1.59. The molecule has 2 atom stereocenters. The van der Waals surface area contributed by atoms with Gasteiger partial charge >= 0.3 is 0 Å². The van der Waals surface area contributed by atoms with Crippen LogP contribution in [0, 0.1) is 0 Å². The maximum absolute atomic E-state index is 9.32. The van der Waals surface area contributed by atoms with Crippen LogP contribution < -0.4 is 0 Å². The number of nitrogens with zero attached hydrogens (tertiary/aromatic N) is 2. The van der Waals surface area contributed by atoms with Crippen molar-refractivity contribution in [2.24, 2.45) is 7.05 Å². The number of rotatable bonds is 3. The summed E-state index contributed by atoms with van der Waals surface area (Å²) in [5.41, 5.74) is 0.360. The molecule has 0 aliphatic heterocycles. The van der Waals surface area contributed by atoms with Gasteiger partial charge in [0.1, 0.15) is 12.2 Å². The Kier molecular flexibility index (Phi) is 2.80. The minimum absolute atomic E-state index is 0.360. The van der Waals surface area contributed by atoms with Crippen LogP contribution >= 0.6 is 0 Å². The van der Waals surface area contributed by atoms with E-state index in [9.17, 15) is 5.11 Å². The molecule has 0 aromatic carbocycles. The van der Waals surface area contributed by atoms with Crippen molar-refractivity contribution < 1.29 is 15.3 Å². The molecule has 0 spiro atoms. The maximum atomic E-state index is 9.32. The molecule has 0 radical (unpaired) electrons. The van der Waals surface area contributed by atoms with Crippen molar-refractivity contribution in [3.63, 3.8) is 0 Å². The van der Waals surface area contributed by atoms with Gasteiger partial charge in [-0.3, -0.25) is 4.68 Å². The van der Waals surface area contributed by atoms with Crippen molar-refractivity contribution in [2.45, 2.75) is 12.2 Å². The Morgan fingerprint density at radius 2 is 2.25 bits per heavy atom. The molecule has 0 aliphatic carbocycles. The summed E-state index contributed by atoms with van der Waals surface area (Å²) in [5, 5.41) is 30.8. The molecular formula is C7H12N2O3. The lowest BCUT2D eigenvalue weighted by molar-refractivity contribution is -0.0175. The number of hydrogen-bond acceptors (Lipinski definition) is 4. The second-order valence-corrected chi connectivity index (χ2v) is 2.61. The number of aryl methyl sites for hydroxylation is 1. The summed E-state index contributed by atoms with van der Waals surface area (Å²) in [6.45, 7) is -0.474. The highest BCUT2D eigenvalue weighted by molar-refractivity contribution is 5.04. The van der Waals surface area contributed by atoms with Crippen molar-refractivity contribution in [3.05, 3.63) is 18.0 Å². The van der Waals surface area contributed by atoms with Gasteiger partial charge < -0.3 is 15.3 Å². The predicted molar refractivity (Wildman–Crippen MR) is 41.3 cm³/mol. The topological polar surface area (TPSA) is 78.5 Å². The third kappa shape index (κ3) is 1.82. The fraction of sp³-hybridized carbons (Fsp3) is 0.571. The molecule has 12 heavy (non-hydrogen) atoms. The van der Waals surface area contributed by atoms with E-state index in [4.69, 9.17) is 10.2 Å². The number of hydrogen-bond donors (Lipinski definition) is 3. The molecule has 1 rings (SSSR count). The third-order valence-corrected chi connectivity index (χ3v) is 1.59. The minimum atomic E-state index is -1.17. The molecule has 68 valence electrons. The monoisotopic (exact) mass is 172 g/mol. The smallest absolute Gasteiger partial charge is 0.126 e. The molecule has 0 saturated carbocycles. The van der Waals surface area contributed by atoms with E-state index in [2.05, 4.69) is 5.10 Å². The van der Waals surface area contributed by atoms with Gasteiger partial charge in [-0.25, -0.2) is 0 Å². The van der Waals surface area contributed by atoms with Crippen LogP contribution in [0.2, 0.25) is 0 Å². The molecule has 1 aromatic heterocycles. The molecule has 5 heteroatoms. The normalized spacial score (nSPS) is 16.0. The Morgan fingerprint density at radius 1 is 1.58 bits per heavy atom. The summed E-state index contributed by atoms with van der Waals surface area (Å²) in [5.74, 6) is 0. The molecule has 1 aromatic rings. The molecule has 0 aliphatic rings. The highest BCUT2D eigenvalue weighted by Gasteiger charge is 2.19. The van der Waals surface area contributed by atoms with E-state index >= 15 is 0 Å². The molecule has 0 amide bonds. The van der Waals surface area contributed by atoms with Gasteiger partial charge in [-0.2, -0.15) is 5.10 Å². The lowest BCUT2D eigenvalue weighted by Gasteiger charge is -2.12.